The minimum Gasteiger partial charge on any atom is -0.307 e. The standard InChI is InChI=1S/C13H27NOS/c1-4-5-6-7-8-10-14-13(12(2)15)9-11-16-3/h13-14H,4-11H2,1-3H3. The van der Waals surface area contributed by atoms with Gasteiger partial charge in [0.1, 0.15) is 5.78 Å². The lowest BCUT2D eigenvalue weighted by Crippen LogP contribution is -2.36. The summed E-state index contributed by atoms with van der Waals surface area (Å²) in [5.74, 6) is 1.34. The number of hydrogen-bond donors (Lipinski definition) is 1. The van der Waals surface area contributed by atoms with Crippen LogP contribution in [0.15, 0.2) is 0 Å². The Bertz CT molecular complexity index is 173. The van der Waals surface area contributed by atoms with Crippen LogP contribution in [0.3, 0.4) is 0 Å². The van der Waals surface area contributed by atoms with Gasteiger partial charge < -0.3 is 5.32 Å². The second-order valence-corrected chi connectivity index (χ2v) is 5.30. The van der Waals surface area contributed by atoms with E-state index in [2.05, 4.69) is 18.5 Å². The average Bonchev–Trinajstić information content (AvgIpc) is 2.26. The molecule has 0 saturated heterocycles. The molecule has 0 aromatic carbocycles. The Morgan fingerprint density at radius 1 is 1.25 bits per heavy atom. The molecule has 0 aliphatic carbocycles. The van der Waals surface area contributed by atoms with E-state index >= 15 is 0 Å². The van der Waals surface area contributed by atoms with E-state index in [1.54, 1.807) is 18.7 Å². The van der Waals surface area contributed by atoms with Crippen molar-refractivity contribution in [2.75, 3.05) is 18.6 Å². The van der Waals surface area contributed by atoms with E-state index in [-0.39, 0.29) is 11.8 Å². The van der Waals surface area contributed by atoms with Crippen LogP contribution in [-0.2, 0) is 4.79 Å². The maximum atomic E-state index is 11.3. The second-order valence-electron chi connectivity index (χ2n) is 4.31. The Morgan fingerprint density at radius 2 is 1.94 bits per heavy atom. The fourth-order valence-corrected chi connectivity index (χ4v) is 2.16. The molecule has 1 atom stereocenters. The summed E-state index contributed by atoms with van der Waals surface area (Å²) in [5, 5.41) is 3.37. The van der Waals surface area contributed by atoms with E-state index in [9.17, 15) is 4.79 Å². The molecule has 96 valence electrons. The largest absolute Gasteiger partial charge is 0.307 e. The summed E-state index contributed by atoms with van der Waals surface area (Å²) < 4.78 is 0. The molecule has 0 rings (SSSR count). The van der Waals surface area contributed by atoms with Gasteiger partial charge in [-0.3, -0.25) is 4.79 Å². The first-order valence-corrected chi connectivity index (χ1v) is 7.84. The second kappa shape index (κ2) is 11.5. The maximum Gasteiger partial charge on any atom is 0.146 e. The van der Waals surface area contributed by atoms with Gasteiger partial charge in [-0.2, -0.15) is 11.8 Å². The molecule has 3 heteroatoms. The predicted octanol–water partition coefficient (Wildman–Crippen LogP) is 3.26. The van der Waals surface area contributed by atoms with Crippen molar-refractivity contribution in [1.29, 1.82) is 0 Å². The van der Waals surface area contributed by atoms with Gasteiger partial charge in [0.15, 0.2) is 0 Å². The molecule has 0 bridgehead atoms. The Morgan fingerprint density at radius 3 is 2.50 bits per heavy atom. The molecule has 0 aliphatic heterocycles. The lowest BCUT2D eigenvalue weighted by atomic mass is 10.1. The zero-order chi connectivity index (χ0) is 12.2. The van der Waals surface area contributed by atoms with Crippen molar-refractivity contribution >= 4 is 17.5 Å². The molecular formula is C13H27NOS. The molecule has 0 aliphatic rings. The number of ketones is 1. The fourth-order valence-electron chi connectivity index (χ4n) is 1.69. The summed E-state index contributed by atoms with van der Waals surface area (Å²) in [6, 6.07) is 0.0821. The summed E-state index contributed by atoms with van der Waals surface area (Å²) >= 11 is 1.81. The van der Waals surface area contributed by atoms with Crippen LogP contribution in [0.25, 0.3) is 0 Å². The summed E-state index contributed by atoms with van der Waals surface area (Å²) in [6.07, 6.45) is 9.48. The quantitative estimate of drug-likeness (QED) is 0.567. The molecule has 0 amide bonds. The van der Waals surface area contributed by atoms with E-state index in [1.807, 2.05) is 0 Å². The minimum absolute atomic E-state index is 0.0821. The number of rotatable bonds is 11. The molecule has 0 heterocycles. The van der Waals surface area contributed by atoms with Crippen molar-refractivity contribution < 1.29 is 4.79 Å². The van der Waals surface area contributed by atoms with E-state index in [1.165, 1.54) is 32.1 Å². The molecule has 0 radical (unpaired) electrons. The van der Waals surface area contributed by atoms with Gasteiger partial charge in [0.2, 0.25) is 0 Å². The van der Waals surface area contributed by atoms with Crippen molar-refractivity contribution in [1.82, 2.24) is 5.32 Å². The predicted molar refractivity (Wildman–Crippen MR) is 74.2 cm³/mol. The summed E-state index contributed by atoms with van der Waals surface area (Å²) in [7, 11) is 0. The maximum absolute atomic E-state index is 11.3. The van der Waals surface area contributed by atoms with Crippen molar-refractivity contribution in [3.63, 3.8) is 0 Å². The zero-order valence-electron chi connectivity index (χ0n) is 11.1. The van der Waals surface area contributed by atoms with Crippen LogP contribution < -0.4 is 5.32 Å². The normalized spacial score (nSPS) is 12.7. The molecular weight excluding hydrogens is 218 g/mol. The smallest absolute Gasteiger partial charge is 0.146 e. The van der Waals surface area contributed by atoms with Crippen LogP contribution in [0.4, 0.5) is 0 Å². The Labute approximate surface area is 105 Å². The highest BCUT2D eigenvalue weighted by molar-refractivity contribution is 7.98. The topological polar surface area (TPSA) is 29.1 Å². The van der Waals surface area contributed by atoms with Crippen LogP contribution in [0.5, 0.6) is 0 Å². The van der Waals surface area contributed by atoms with Crippen LogP contribution in [0.1, 0.15) is 52.4 Å². The first kappa shape index (κ1) is 16.0. The number of nitrogens with one attached hydrogen (secondary N) is 1. The fraction of sp³-hybridized carbons (Fsp3) is 0.923. The number of thioether (sulfide) groups is 1. The number of hydrogen-bond acceptors (Lipinski definition) is 3. The van der Waals surface area contributed by atoms with E-state index in [0.29, 0.717) is 0 Å². The minimum atomic E-state index is 0.0821. The molecule has 0 spiro atoms. The van der Waals surface area contributed by atoms with Gasteiger partial charge in [-0.15, -0.1) is 0 Å². The first-order valence-electron chi connectivity index (χ1n) is 6.45. The third-order valence-electron chi connectivity index (χ3n) is 2.77. The highest BCUT2D eigenvalue weighted by Crippen LogP contribution is 2.04. The van der Waals surface area contributed by atoms with Crippen LogP contribution in [0.2, 0.25) is 0 Å². The number of carbonyl (C=O) groups excluding carboxylic acids is 1. The third kappa shape index (κ3) is 9.22. The van der Waals surface area contributed by atoms with Gasteiger partial charge >= 0.3 is 0 Å². The van der Waals surface area contributed by atoms with Gasteiger partial charge in [0, 0.05) is 0 Å². The molecule has 1 unspecified atom stereocenters. The SMILES string of the molecule is CCCCCCCNC(CCSC)C(C)=O. The number of unbranched alkanes of at least 4 members (excludes halogenated alkanes) is 4. The average molecular weight is 245 g/mol. The van der Waals surface area contributed by atoms with Gasteiger partial charge in [0.25, 0.3) is 0 Å². The molecule has 16 heavy (non-hydrogen) atoms. The molecule has 0 aromatic rings. The van der Waals surface area contributed by atoms with Crippen LogP contribution in [-0.4, -0.2) is 30.4 Å². The lowest BCUT2D eigenvalue weighted by Gasteiger charge is -2.15. The summed E-state index contributed by atoms with van der Waals surface area (Å²) in [4.78, 5) is 11.3. The van der Waals surface area contributed by atoms with Crippen LogP contribution >= 0.6 is 11.8 Å². The first-order chi connectivity index (χ1) is 7.72. The van der Waals surface area contributed by atoms with Gasteiger partial charge in [0.05, 0.1) is 6.04 Å². The monoisotopic (exact) mass is 245 g/mol. The highest BCUT2D eigenvalue weighted by atomic mass is 32.2. The number of carbonyl (C=O) groups is 1. The van der Waals surface area contributed by atoms with Gasteiger partial charge in [-0.1, -0.05) is 32.6 Å². The highest BCUT2D eigenvalue weighted by Gasteiger charge is 2.11. The van der Waals surface area contributed by atoms with Crippen LogP contribution in [0, 0.1) is 0 Å². The molecule has 0 saturated carbocycles. The lowest BCUT2D eigenvalue weighted by molar-refractivity contribution is -0.119. The van der Waals surface area contributed by atoms with Crippen molar-refractivity contribution in [3.05, 3.63) is 0 Å². The third-order valence-corrected chi connectivity index (χ3v) is 3.42. The molecule has 0 fully saturated rings. The van der Waals surface area contributed by atoms with E-state index in [0.717, 1.165) is 18.7 Å². The van der Waals surface area contributed by atoms with E-state index < -0.39 is 0 Å². The zero-order valence-corrected chi connectivity index (χ0v) is 11.9. The van der Waals surface area contributed by atoms with Crippen molar-refractivity contribution in [3.8, 4) is 0 Å². The Balaban J connectivity index is 3.48. The Kier molecular flexibility index (Phi) is 11.5. The number of Topliss-reactive ketones (excluding diaryl/α,β-unsaturated/α-hetero) is 1. The Hall–Kier alpha value is -0.0200. The van der Waals surface area contributed by atoms with Crippen molar-refractivity contribution in [2.24, 2.45) is 0 Å². The van der Waals surface area contributed by atoms with Gasteiger partial charge in [-0.05, 0) is 38.3 Å². The van der Waals surface area contributed by atoms with Gasteiger partial charge in [-0.25, -0.2) is 0 Å². The molecule has 2 nitrogen and oxygen atoms in total. The summed E-state index contributed by atoms with van der Waals surface area (Å²) in [5.41, 5.74) is 0. The molecule has 1 N–H and O–H groups in total. The summed E-state index contributed by atoms with van der Waals surface area (Å²) in [6.45, 7) is 4.91. The van der Waals surface area contributed by atoms with E-state index in [4.69, 9.17) is 0 Å². The molecule has 0 aromatic heterocycles. The van der Waals surface area contributed by atoms with Crippen molar-refractivity contribution in [2.45, 2.75) is 58.4 Å².